The molecule has 4 rings (SSSR count). The van der Waals surface area contributed by atoms with Crippen molar-refractivity contribution < 1.29 is 18.0 Å². The van der Waals surface area contributed by atoms with Gasteiger partial charge in [0.15, 0.2) is 0 Å². The van der Waals surface area contributed by atoms with Crippen LogP contribution in [-0.4, -0.2) is 12.5 Å². The van der Waals surface area contributed by atoms with Crippen molar-refractivity contribution in [2.45, 2.75) is 48.1 Å². The molecule has 1 heterocycles. The van der Waals surface area contributed by atoms with Crippen LogP contribution in [0.1, 0.15) is 42.4 Å². The molecule has 2 aromatic carbocycles. The molecule has 0 saturated heterocycles. The summed E-state index contributed by atoms with van der Waals surface area (Å²) in [6, 6.07) is 9.95. The predicted molar refractivity (Wildman–Crippen MR) is 108 cm³/mol. The standard InChI is InChI=1S/C22H23F3N2OS/c23-22(24,25)16-10-18(27-21(28)15-6-3-4-13(8-15)12-26)17-9-14-5-1-2-7-19(14)29-20(17)11-16/h1-2,5,7,10-11,13,15H,3-4,6,8-9,12,26H2,(H,27,28). The van der Waals surface area contributed by atoms with Gasteiger partial charge in [-0.1, -0.05) is 36.4 Å². The van der Waals surface area contributed by atoms with Gasteiger partial charge in [-0.3, -0.25) is 4.79 Å². The fraction of sp³-hybridized carbons (Fsp3) is 0.409. The molecule has 1 saturated carbocycles. The van der Waals surface area contributed by atoms with Crippen LogP contribution in [0, 0.1) is 11.8 Å². The summed E-state index contributed by atoms with van der Waals surface area (Å²) < 4.78 is 40.5. The lowest BCUT2D eigenvalue weighted by Crippen LogP contribution is -2.31. The molecule has 1 aliphatic heterocycles. The van der Waals surface area contributed by atoms with E-state index in [0.29, 0.717) is 30.2 Å². The molecule has 1 fully saturated rings. The summed E-state index contributed by atoms with van der Waals surface area (Å²) in [4.78, 5) is 14.4. The highest BCUT2D eigenvalue weighted by Crippen LogP contribution is 2.45. The van der Waals surface area contributed by atoms with E-state index in [1.807, 2.05) is 24.3 Å². The molecule has 3 N–H and O–H groups in total. The van der Waals surface area contributed by atoms with E-state index in [1.165, 1.54) is 17.8 Å². The van der Waals surface area contributed by atoms with Crippen molar-refractivity contribution in [3.05, 3.63) is 53.1 Å². The molecule has 1 amide bonds. The van der Waals surface area contributed by atoms with Gasteiger partial charge in [0, 0.05) is 27.8 Å². The van der Waals surface area contributed by atoms with Gasteiger partial charge in [0.25, 0.3) is 0 Å². The molecule has 0 aromatic heterocycles. The Morgan fingerprint density at radius 3 is 2.72 bits per heavy atom. The number of benzene rings is 2. The second-order valence-corrected chi connectivity index (χ2v) is 8.92. The Morgan fingerprint density at radius 2 is 1.97 bits per heavy atom. The van der Waals surface area contributed by atoms with Crippen molar-refractivity contribution in [2.24, 2.45) is 17.6 Å². The molecule has 2 aromatic rings. The van der Waals surface area contributed by atoms with Gasteiger partial charge < -0.3 is 11.1 Å². The van der Waals surface area contributed by atoms with E-state index >= 15 is 0 Å². The van der Waals surface area contributed by atoms with Gasteiger partial charge in [-0.25, -0.2) is 0 Å². The molecule has 3 nitrogen and oxygen atoms in total. The third-order valence-electron chi connectivity index (χ3n) is 5.84. The first kappa shape index (κ1) is 20.3. The average molecular weight is 421 g/mol. The van der Waals surface area contributed by atoms with Gasteiger partial charge in [0.1, 0.15) is 0 Å². The van der Waals surface area contributed by atoms with Crippen LogP contribution in [-0.2, 0) is 17.4 Å². The molecule has 2 atom stereocenters. The number of rotatable bonds is 3. The van der Waals surface area contributed by atoms with Crippen molar-refractivity contribution in [3.8, 4) is 0 Å². The minimum Gasteiger partial charge on any atom is -0.330 e. The maximum atomic E-state index is 13.5. The van der Waals surface area contributed by atoms with Crippen LogP contribution in [0.25, 0.3) is 0 Å². The van der Waals surface area contributed by atoms with E-state index in [9.17, 15) is 18.0 Å². The highest BCUT2D eigenvalue weighted by Gasteiger charge is 2.34. The van der Waals surface area contributed by atoms with Crippen LogP contribution >= 0.6 is 11.8 Å². The number of carbonyl (C=O) groups excluding carboxylic acids is 1. The van der Waals surface area contributed by atoms with Crippen LogP contribution in [0.3, 0.4) is 0 Å². The number of nitrogens with one attached hydrogen (secondary N) is 1. The summed E-state index contributed by atoms with van der Waals surface area (Å²) in [6.45, 7) is 0.538. The van der Waals surface area contributed by atoms with Crippen molar-refractivity contribution in [1.82, 2.24) is 0 Å². The van der Waals surface area contributed by atoms with Gasteiger partial charge in [0.2, 0.25) is 5.91 Å². The Hall–Kier alpha value is -1.99. The maximum absolute atomic E-state index is 13.5. The Bertz CT molecular complexity index is 929. The number of carbonyl (C=O) groups is 1. The second-order valence-electron chi connectivity index (χ2n) is 7.84. The SMILES string of the molecule is NCC1CCCC(C(=O)Nc2cc(C(F)(F)F)cc3c2Cc2ccccc2S3)C1. The predicted octanol–water partition coefficient (Wildman–Crippen LogP) is 5.46. The minimum atomic E-state index is -4.47. The van der Waals surface area contributed by atoms with Gasteiger partial charge in [-0.2, -0.15) is 13.2 Å². The van der Waals surface area contributed by atoms with E-state index in [1.54, 1.807) is 0 Å². The highest BCUT2D eigenvalue weighted by molar-refractivity contribution is 7.99. The fourth-order valence-corrected chi connectivity index (χ4v) is 5.38. The molecule has 2 unspecified atom stereocenters. The molecule has 154 valence electrons. The zero-order valence-corrected chi connectivity index (χ0v) is 16.7. The number of alkyl halides is 3. The summed E-state index contributed by atoms with van der Waals surface area (Å²) in [5, 5.41) is 2.83. The minimum absolute atomic E-state index is 0.200. The molecule has 0 spiro atoms. The Labute approximate surface area is 172 Å². The Balaban J connectivity index is 1.66. The lowest BCUT2D eigenvalue weighted by atomic mass is 9.81. The molecule has 1 aliphatic carbocycles. The van der Waals surface area contributed by atoms with Crippen LogP contribution in [0.15, 0.2) is 46.2 Å². The van der Waals surface area contributed by atoms with E-state index in [2.05, 4.69) is 5.32 Å². The topological polar surface area (TPSA) is 55.1 Å². The Morgan fingerprint density at radius 1 is 1.17 bits per heavy atom. The number of halogens is 3. The summed E-state index contributed by atoms with van der Waals surface area (Å²) >= 11 is 1.33. The van der Waals surface area contributed by atoms with E-state index in [-0.39, 0.29) is 17.5 Å². The van der Waals surface area contributed by atoms with Gasteiger partial charge >= 0.3 is 6.18 Å². The summed E-state index contributed by atoms with van der Waals surface area (Å²) in [7, 11) is 0. The number of hydrogen-bond acceptors (Lipinski definition) is 3. The molecular weight excluding hydrogens is 397 g/mol. The zero-order chi connectivity index (χ0) is 20.6. The maximum Gasteiger partial charge on any atom is 0.416 e. The first-order valence-electron chi connectivity index (χ1n) is 9.86. The van der Waals surface area contributed by atoms with Gasteiger partial charge in [-0.05, 0) is 61.1 Å². The number of fused-ring (bicyclic) bond motifs is 2. The average Bonchev–Trinajstić information content (AvgIpc) is 2.71. The zero-order valence-electron chi connectivity index (χ0n) is 15.9. The Kier molecular flexibility index (Phi) is 5.62. The normalized spacial score (nSPS) is 21.2. The first-order chi connectivity index (χ1) is 13.8. The molecule has 29 heavy (non-hydrogen) atoms. The molecular formula is C22H23F3N2OS. The lowest BCUT2D eigenvalue weighted by Gasteiger charge is -2.28. The van der Waals surface area contributed by atoms with Crippen LogP contribution in [0.2, 0.25) is 0 Å². The molecule has 0 radical (unpaired) electrons. The third-order valence-corrected chi connectivity index (χ3v) is 7.04. The van der Waals surface area contributed by atoms with Crippen molar-refractivity contribution in [3.63, 3.8) is 0 Å². The van der Waals surface area contributed by atoms with E-state index < -0.39 is 11.7 Å². The molecule has 0 bridgehead atoms. The van der Waals surface area contributed by atoms with Crippen molar-refractivity contribution >= 4 is 23.4 Å². The van der Waals surface area contributed by atoms with Crippen LogP contribution < -0.4 is 11.1 Å². The van der Waals surface area contributed by atoms with Crippen molar-refractivity contribution in [1.29, 1.82) is 0 Å². The van der Waals surface area contributed by atoms with Crippen LogP contribution in [0.5, 0.6) is 0 Å². The summed E-state index contributed by atoms with van der Waals surface area (Å²) in [5.74, 6) is -0.100. The van der Waals surface area contributed by atoms with Crippen molar-refractivity contribution in [2.75, 3.05) is 11.9 Å². The largest absolute Gasteiger partial charge is 0.416 e. The number of anilines is 1. The van der Waals surface area contributed by atoms with Gasteiger partial charge in [-0.15, -0.1) is 0 Å². The molecule has 7 heteroatoms. The first-order valence-corrected chi connectivity index (χ1v) is 10.7. The van der Waals surface area contributed by atoms with E-state index in [0.717, 1.165) is 41.4 Å². The summed E-state index contributed by atoms with van der Waals surface area (Å²) in [6.07, 6.45) is -0.595. The smallest absolute Gasteiger partial charge is 0.330 e. The van der Waals surface area contributed by atoms with Gasteiger partial charge in [0.05, 0.1) is 5.56 Å². The third kappa shape index (κ3) is 4.31. The highest BCUT2D eigenvalue weighted by atomic mass is 32.2. The monoisotopic (exact) mass is 420 g/mol. The van der Waals surface area contributed by atoms with Crippen LogP contribution in [0.4, 0.5) is 18.9 Å². The number of nitrogens with two attached hydrogens (primary N) is 1. The lowest BCUT2D eigenvalue weighted by molar-refractivity contribution is -0.137. The molecule has 2 aliphatic rings. The fourth-order valence-electron chi connectivity index (χ4n) is 4.23. The van der Waals surface area contributed by atoms with E-state index in [4.69, 9.17) is 5.73 Å². The number of amides is 1. The second kappa shape index (κ2) is 8.03. The quantitative estimate of drug-likeness (QED) is 0.591. The summed E-state index contributed by atoms with van der Waals surface area (Å²) in [5.41, 5.74) is 7.11. The number of hydrogen-bond donors (Lipinski definition) is 2.